The molecule has 0 nitrogen and oxygen atoms in total. The molecule has 1 fully saturated rings. The SMILES string of the molecule is CC(C)(C)C1(Br)CCCCC1. The standard InChI is InChI=1S/C10H19Br/c1-9(2,3)10(11)7-5-4-6-8-10/h4-8H2,1-3H3. The van der Waals surface area contributed by atoms with Gasteiger partial charge in [-0.3, -0.25) is 0 Å². The summed E-state index contributed by atoms with van der Waals surface area (Å²) in [6.45, 7) is 7.02. The van der Waals surface area contributed by atoms with E-state index < -0.39 is 0 Å². The van der Waals surface area contributed by atoms with E-state index in [0.717, 1.165) is 0 Å². The topological polar surface area (TPSA) is 0 Å². The van der Waals surface area contributed by atoms with Gasteiger partial charge in [-0.1, -0.05) is 56.0 Å². The van der Waals surface area contributed by atoms with Crippen LogP contribution in [0, 0.1) is 5.41 Å². The molecule has 0 N–H and O–H groups in total. The minimum Gasteiger partial charge on any atom is -0.0848 e. The molecule has 0 aliphatic heterocycles. The summed E-state index contributed by atoms with van der Waals surface area (Å²) in [5, 5.41) is 0. The summed E-state index contributed by atoms with van der Waals surface area (Å²) >= 11 is 3.92. The molecule has 0 unspecified atom stereocenters. The molecule has 0 aromatic carbocycles. The van der Waals surface area contributed by atoms with Gasteiger partial charge in [0.1, 0.15) is 0 Å². The molecule has 1 saturated carbocycles. The predicted molar refractivity (Wildman–Crippen MR) is 54.2 cm³/mol. The average Bonchev–Trinajstić information content (AvgIpc) is 1.87. The van der Waals surface area contributed by atoms with Gasteiger partial charge in [-0.2, -0.15) is 0 Å². The van der Waals surface area contributed by atoms with Gasteiger partial charge in [0, 0.05) is 4.32 Å². The predicted octanol–water partition coefficient (Wildman–Crippen LogP) is 4.13. The molecular weight excluding hydrogens is 200 g/mol. The zero-order valence-corrected chi connectivity index (χ0v) is 9.50. The van der Waals surface area contributed by atoms with Crippen LogP contribution >= 0.6 is 15.9 Å². The minimum atomic E-state index is 0.424. The summed E-state index contributed by atoms with van der Waals surface area (Å²) < 4.78 is 0.429. The quantitative estimate of drug-likeness (QED) is 0.537. The molecule has 1 heteroatoms. The Morgan fingerprint density at radius 1 is 1.00 bits per heavy atom. The Kier molecular flexibility index (Phi) is 2.68. The molecule has 1 aliphatic rings. The van der Waals surface area contributed by atoms with Crippen LogP contribution in [0.2, 0.25) is 0 Å². The van der Waals surface area contributed by atoms with Gasteiger partial charge in [-0.15, -0.1) is 0 Å². The minimum absolute atomic E-state index is 0.424. The third-order valence-corrected chi connectivity index (χ3v) is 4.97. The summed E-state index contributed by atoms with van der Waals surface area (Å²) in [6.07, 6.45) is 6.96. The Morgan fingerprint density at radius 3 is 1.73 bits per heavy atom. The van der Waals surface area contributed by atoms with Gasteiger partial charge < -0.3 is 0 Å². The zero-order valence-electron chi connectivity index (χ0n) is 7.91. The molecule has 1 rings (SSSR count). The van der Waals surface area contributed by atoms with Crippen molar-refractivity contribution >= 4 is 15.9 Å². The molecule has 0 radical (unpaired) electrons. The van der Waals surface area contributed by atoms with Crippen molar-refractivity contribution in [2.45, 2.75) is 57.2 Å². The molecule has 0 heterocycles. The molecule has 0 aromatic rings. The first kappa shape index (κ1) is 9.57. The van der Waals surface area contributed by atoms with E-state index in [0.29, 0.717) is 9.74 Å². The van der Waals surface area contributed by atoms with Gasteiger partial charge >= 0.3 is 0 Å². The fraction of sp³-hybridized carbons (Fsp3) is 1.00. The summed E-state index contributed by atoms with van der Waals surface area (Å²) in [5.74, 6) is 0. The molecule has 0 bridgehead atoms. The van der Waals surface area contributed by atoms with Crippen molar-refractivity contribution in [2.75, 3.05) is 0 Å². The van der Waals surface area contributed by atoms with E-state index in [1.807, 2.05) is 0 Å². The number of alkyl halides is 1. The highest BCUT2D eigenvalue weighted by atomic mass is 79.9. The Hall–Kier alpha value is 0.480. The molecule has 0 aromatic heterocycles. The van der Waals surface area contributed by atoms with Crippen LogP contribution in [0.15, 0.2) is 0 Å². The third kappa shape index (κ3) is 1.99. The summed E-state index contributed by atoms with van der Waals surface area (Å²) in [6, 6.07) is 0. The third-order valence-electron chi connectivity index (χ3n) is 2.99. The van der Waals surface area contributed by atoms with Crippen molar-refractivity contribution in [3.8, 4) is 0 Å². The first-order valence-electron chi connectivity index (χ1n) is 4.65. The highest BCUT2D eigenvalue weighted by molar-refractivity contribution is 9.10. The highest BCUT2D eigenvalue weighted by Gasteiger charge is 2.39. The molecule has 66 valence electrons. The van der Waals surface area contributed by atoms with Crippen LogP contribution < -0.4 is 0 Å². The van der Waals surface area contributed by atoms with Crippen molar-refractivity contribution in [1.29, 1.82) is 0 Å². The first-order valence-corrected chi connectivity index (χ1v) is 5.44. The largest absolute Gasteiger partial charge is 0.0848 e. The fourth-order valence-electron chi connectivity index (χ4n) is 1.86. The van der Waals surface area contributed by atoms with Gasteiger partial charge in [0.25, 0.3) is 0 Å². The van der Waals surface area contributed by atoms with Crippen LogP contribution in [0.4, 0.5) is 0 Å². The molecular formula is C10H19Br. The number of halogens is 1. The lowest BCUT2D eigenvalue weighted by molar-refractivity contribution is 0.224. The van der Waals surface area contributed by atoms with E-state index in [1.54, 1.807) is 0 Å². The van der Waals surface area contributed by atoms with Crippen LogP contribution in [0.25, 0.3) is 0 Å². The van der Waals surface area contributed by atoms with E-state index in [1.165, 1.54) is 32.1 Å². The molecule has 11 heavy (non-hydrogen) atoms. The Morgan fingerprint density at radius 2 is 1.45 bits per heavy atom. The number of rotatable bonds is 0. The first-order chi connectivity index (χ1) is 4.96. The number of hydrogen-bond acceptors (Lipinski definition) is 0. The Balaban J connectivity index is 2.64. The second-order valence-electron chi connectivity index (χ2n) is 4.78. The lowest BCUT2D eigenvalue weighted by atomic mass is 9.72. The molecule has 0 spiro atoms. The summed E-state index contributed by atoms with van der Waals surface area (Å²) in [5.41, 5.74) is 0.424. The van der Waals surface area contributed by atoms with E-state index >= 15 is 0 Å². The van der Waals surface area contributed by atoms with Crippen molar-refractivity contribution in [1.82, 2.24) is 0 Å². The van der Waals surface area contributed by atoms with Crippen molar-refractivity contribution in [2.24, 2.45) is 5.41 Å². The van der Waals surface area contributed by atoms with Crippen molar-refractivity contribution in [3.05, 3.63) is 0 Å². The van der Waals surface area contributed by atoms with E-state index in [-0.39, 0.29) is 0 Å². The molecule has 0 atom stereocenters. The van der Waals surface area contributed by atoms with Gasteiger partial charge in [0.15, 0.2) is 0 Å². The maximum Gasteiger partial charge on any atom is 0.0306 e. The van der Waals surface area contributed by atoms with Crippen molar-refractivity contribution < 1.29 is 0 Å². The molecule has 1 aliphatic carbocycles. The number of hydrogen-bond donors (Lipinski definition) is 0. The zero-order chi connectivity index (χ0) is 8.54. The Labute approximate surface area is 78.9 Å². The van der Waals surface area contributed by atoms with E-state index in [9.17, 15) is 0 Å². The van der Waals surface area contributed by atoms with E-state index in [2.05, 4.69) is 36.7 Å². The van der Waals surface area contributed by atoms with Crippen LogP contribution in [-0.4, -0.2) is 4.32 Å². The van der Waals surface area contributed by atoms with Crippen LogP contribution in [0.1, 0.15) is 52.9 Å². The Bertz CT molecular complexity index is 126. The second kappa shape index (κ2) is 3.08. The normalized spacial score (nSPS) is 25.1. The fourth-order valence-corrected chi connectivity index (χ4v) is 2.42. The molecule has 0 saturated heterocycles. The van der Waals surface area contributed by atoms with Crippen molar-refractivity contribution in [3.63, 3.8) is 0 Å². The van der Waals surface area contributed by atoms with Crippen LogP contribution in [0.3, 0.4) is 0 Å². The lowest BCUT2D eigenvalue weighted by Crippen LogP contribution is -2.38. The van der Waals surface area contributed by atoms with Crippen LogP contribution in [-0.2, 0) is 0 Å². The van der Waals surface area contributed by atoms with E-state index in [4.69, 9.17) is 0 Å². The van der Waals surface area contributed by atoms with Gasteiger partial charge in [0.05, 0.1) is 0 Å². The van der Waals surface area contributed by atoms with Gasteiger partial charge in [-0.25, -0.2) is 0 Å². The highest BCUT2D eigenvalue weighted by Crippen LogP contribution is 2.48. The van der Waals surface area contributed by atoms with Gasteiger partial charge in [0.2, 0.25) is 0 Å². The average molecular weight is 219 g/mol. The van der Waals surface area contributed by atoms with Gasteiger partial charge in [-0.05, 0) is 18.3 Å². The second-order valence-corrected chi connectivity index (χ2v) is 6.29. The lowest BCUT2D eigenvalue weighted by Gasteiger charge is -2.43. The smallest absolute Gasteiger partial charge is 0.0306 e. The summed E-state index contributed by atoms with van der Waals surface area (Å²) in [7, 11) is 0. The van der Waals surface area contributed by atoms with Crippen LogP contribution in [0.5, 0.6) is 0 Å². The monoisotopic (exact) mass is 218 g/mol. The molecule has 0 amide bonds. The maximum atomic E-state index is 3.92. The maximum absolute atomic E-state index is 3.92. The summed E-state index contributed by atoms with van der Waals surface area (Å²) in [4.78, 5) is 0.